The average Bonchev–Trinajstić information content (AvgIpc) is 2.84. The summed E-state index contributed by atoms with van der Waals surface area (Å²) >= 11 is 0. The zero-order valence-corrected chi connectivity index (χ0v) is 26.2. The summed E-state index contributed by atoms with van der Waals surface area (Å²) in [7, 11) is 0. The van der Waals surface area contributed by atoms with Crippen molar-refractivity contribution in [1.82, 2.24) is 0 Å². The Balaban J connectivity index is 2.20. The minimum atomic E-state index is 0.0292. The predicted octanol–water partition coefficient (Wildman–Crippen LogP) is 11.8. The predicted molar refractivity (Wildman–Crippen MR) is 170 cm³/mol. The van der Waals surface area contributed by atoms with Crippen LogP contribution in [0.4, 0.5) is 0 Å². The smallest absolute Gasteiger partial charge is 0.0123 e. The molecule has 0 aliphatic rings. The van der Waals surface area contributed by atoms with Gasteiger partial charge in [0.2, 0.25) is 0 Å². The fourth-order valence-corrected chi connectivity index (χ4v) is 5.92. The zero-order valence-electron chi connectivity index (χ0n) is 26.2. The molecule has 0 aromatic heterocycles. The Morgan fingerprint density at radius 1 is 0.500 bits per heavy atom. The van der Waals surface area contributed by atoms with E-state index >= 15 is 0 Å². The first kappa shape index (κ1) is 30.2. The van der Waals surface area contributed by atoms with Crippen LogP contribution in [0.5, 0.6) is 0 Å². The largest absolute Gasteiger partial charge is 0.0654 e. The lowest BCUT2D eigenvalue weighted by atomic mass is 9.66. The maximum atomic E-state index is 2.49. The summed E-state index contributed by atoms with van der Waals surface area (Å²) in [5, 5.41) is 0. The number of hydrogen-bond acceptors (Lipinski definition) is 0. The van der Waals surface area contributed by atoms with E-state index < -0.39 is 0 Å². The van der Waals surface area contributed by atoms with Crippen molar-refractivity contribution in [1.29, 1.82) is 0 Å². The summed E-state index contributed by atoms with van der Waals surface area (Å²) < 4.78 is 0. The highest BCUT2D eigenvalue weighted by atomic mass is 14.4. The van der Waals surface area contributed by atoms with E-state index in [9.17, 15) is 0 Å². The van der Waals surface area contributed by atoms with Crippen LogP contribution in [0, 0.1) is 0 Å². The molecule has 0 fully saturated rings. The number of benzene rings is 3. The van der Waals surface area contributed by atoms with Crippen LogP contribution in [-0.2, 0) is 22.7 Å². The molecule has 38 heavy (non-hydrogen) atoms. The van der Waals surface area contributed by atoms with Gasteiger partial charge < -0.3 is 0 Å². The SMILES string of the molecule is CCCCCCCCc1cc(-c2ccccc2)cc(-c2ccc(C(C)(C)C)c(C(C)(C)C)c2C(C)(C)C)c1. The van der Waals surface area contributed by atoms with Crippen LogP contribution in [0.2, 0.25) is 0 Å². The van der Waals surface area contributed by atoms with Crippen LogP contribution in [0.3, 0.4) is 0 Å². The molecule has 3 aromatic carbocycles. The minimum absolute atomic E-state index is 0.0292. The highest BCUT2D eigenvalue weighted by molar-refractivity contribution is 5.78. The highest BCUT2D eigenvalue weighted by Crippen LogP contribution is 2.46. The number of aryl methyl sites for hydroxylation is 1. The quantitative estimate of drug-likeness (QED) is 0.251. The molecule has 0 N–H and O–H groups in total. The van der Waals surface area contributed by atoms with Crippen molar-refractivity contribution in [3.05, 3.63) is 82.9 Å². The molecule has 0 heterocycles. The topological polar surface area (TPSA) is 0 Å². The molecule has 0 aliphatic heterocycles. The van der Waals surface area contributed by atoms with Crippen LogP contribution in [-0.4, -0.2) is 0 Å². The molecular weight excluding hydrogens is 456 g/mol. The zero-order chi connectivity index (χ0) is 28.1. The number of rotatable bonds is 9. The molecule has 0 radical (unpaired) electrons. The van der Waals surface area contributed by atoms with Gasteiger partial charge in [-0.1, -0.05) is 156 Å². The van der Waals surface area contributed by atoms with Crippen molar-refractivity contribution in [3.8, 4) is 22.3 Å². The summed E-state index contributed by atoms with van der Waals surface area (Å²) in [6.45, 7) is 23.7. The van der Waals surface area contributed by atoms with Crippen molar-refractivity contribution in [3.63, 3.8) is 0 Å². The van der Waals surface area contributed by atoms with Gasteiger partial charge in [-0.3, -0.25) is 0 Å². The molecule has 0 unspecified atom stereocenters. The lowest BCUT2D eigenvalue weighted by Gasteiger charge is -2.38. The van der Waals surface area contributed by atoms with Crippen molar-refractivity contribution >= 4 is 0 Å². The second-order valence-corrected chi connectivity index (χ2v) is 14.5. The first-order valence-corrected chi connectivity index (χ1v) is 15.1. The Labute approximate surface area is 235 Å². The van der Waals surface area contributed by atoms with Gasteiger partial charge in [-0.05, 0) is 79.7 Å². The van der Waals surface area contributed by atoms with Crippen molar-refractivity contribution in [2.75, 3.05) is 0 Å². The van der Waals surface area contributed by atoms with Crippen LogP contribution in [0.25, 0.3) is 22.3 Å². The van der Waals surface area contributed by atoms with Crippen LogP contribution in [0.1, 0.15) is 130 Å². The molecule has 0 amide bonds. The second-order valence-electron chi connectivity index (χ2n) is 14.5. The third-order valence-electron chi connectivity index (χ3n) is 7.74. The number of hydrogen-bond donors (Lipinski definition) is 0. The molecule has 0 saturated heterocycles. The van der Waals surface area contributed by atoms with Crippen LogP contribution < -0.4 is 0 Å². The molecule has 0 saturated carbocycles. The van der Waals surface area contributed by atoms with Gasteiger partial charge in [0.15, 0.2) is 0 Å². The van der Waals surface area contributed by atoms with Crippen LogP contribution >= 0.6 is 0 Å². The molecule has 0 spiro atoms. The van der Waals surface area contributed by atoms with E-state index in [1.54, 1.807) is 0 Å². The molecule has 0 bridgehead atoms. The van der Waals surface area contributed by atoms with E-state index in [4.69, 9.17) is 0 Å². The second kappa shape index (κ2) is 12.2. The van der Waals surface area contributed by atoms with Gasteiger partial charge in [-0.25, -0.2) is 0 Å². The lowest BCUT2D eigenvalue weighted by Crippen LogP contribution is -2.28. The molecule has 0 aliphatic carbocycles. The van der Waals surface area contributed by atoms with E-state index in [1.165, 1.54) is 83.0 Å². The summed E-state index contributed by atoms with van der Waals surface area (Å²) in [6, 6.07) is 23.2. The summed E-state index contributed by atoms with van der Waals surface area (Å²) in [6.07, 6.45) is 9.15. The van der Waals surface area contributed by atoms with Crippen molar-refractivity contribution in [2.45, 2.75) is 130 Å². The normalized spacial score (nSPS) is 12.7. The molecular formula is C38H54. The Kier molecular flexibility index (Phi) is 9.72. The molecule has 206 valence electrons. The van der Waals surface area contributed by atoms with Gasteiger partial charge in [0.1, 0.15) is 0 Å². The maximum Gasteiger partial charge on any atom is -0.0123 e. The molecule has 3 aromatic rings. The Hall–Kier alpha value is -2.34. The minimum Gasteiger partial charge on any atom is -0.0654 e. The Bertz CT molecular complexity index is 1170. The monoisotopic (exact) mass is 510 g/mol. The summed E-state index contributed by atoms with van der Waals surface area (Å²) in [5.41, 5.74) is 11.6. The Morgan fingerprint density at radius 2 is 1.08 bits per heavy atom. The van der Waals surface area contributed by atoms with E-state index in [1.807, 2.05) is 0 Å². The van der Waals surface area contributed by atoms with E-state index in [0.29, 0.717) is 0 Å². The third kappa shape index (κ3) is 7.62. The first-order valence-electron chi connectivity index (χ1n) is 15.1. The van der Waals surface area contributed by atoms with Gasteiger partial charge in [0.25, 0.3) is 0 Å². The third-order valence-corrected chi connectivity index (χ3v) is 7.74. The average molecular weight is 511 g/mol. The fourth-order valence-electron chi connectivity index (χ4n) is 5.92. The molecule has 0 atom stereocenters. The van der Waals surface area contributed by atoms with Crippen molar-refractivity contribution in [2.24, 2.45) is 0 Å². The summed E-state index contributed by atoms with van der Waals surface area (Å²) in [4.78, 5) is 0. The molecule has 0 nitrogen and oxygen atoms in total. The fraction of sp³-hybridized carbons (Fsp3) is 0.526. The summed E-state index contributed by atoms with van der Waals surface area (Å²) in [5.74, 6) is 0. The van der Waals surface area contributed by atoms with Gasteiger partial charge in [-0.2, -0.15) is 0 Å². The first-order chi connectivity index (χ1) is 17.7. The van der Waals surface area contributed by atoms with Gasteiger partial charge in [0.05, 0.1) is 0 Å². The molecule has 0 heteroatoms. The Morgan fingerprint density at radius 3 is 1.66 bits per heavy atom. The standard InChI is InChI=1S/C38H54/c1-11-12-13-14-15-17-20-28-25-30(29-21-18-16-19-22-29)27-31(26-28)32-23-24-33(36(2,3)4)35(38(8,9)10)34(32)37(5,6)7/h16,18-19,21-27H,11-15,17,20H2,1-10H3. The van der Waals surface area contributed by atoms with E-state index in [2.05, 4.69) is 130 Å². The highest BCUT2D eigenvalue weighted by Gasteiger charge is 2.33. The van der Waals surface area contributed by atoms with E-state index in [0.717, 1.165) is 6.42 Å². The molecule has 3 rings (SSSR count). The van der Waals surface area contributed by atoms with Gasteiger partial charge in [0, 0.05) is 0 Å². The lowest BCUT2D eigenvalue weighted by molar-refractivity contribution is 0.499. The van der Waals surface area contributed by atoms with Crippen LogP contribution in [0.15, 0.2) is 60.7 Å². The number of unbranched alkanes of at least 4 members (excludes halogenated alkanes) is 5. The van der Waals surface area contributed by atoms with Gasteiger partial charge >= 0.3 is 0 Å². The van der Waals surface area contributed by atoms with Crippen molar-refractivity contribution < 1.29 is 0 Å². The maximum absolute atomic E-state index is 2.49. The van der Waals surface area contributed by atoms with E-state index in [-0.39, 0.29) is 16.2 Å². The van der Waals surface area contributed by atoms with Gasteiger partial charge in [-0.15, -0.1) is 0 Å².